The Labute approximate surface area is 70.1 Å². The van der Waals surface area contributed by atoms with Crippen molar-refractivity contribution in [2.45, 2.75) is 13.2 Å². The van der Waals surface area contributed by atoms with Crippen LogP contribution in [0.25, 0.3) is 0 Å². The SMILES string of the molecule is COC(C)O.[CH3-].[Y]. The predicted molar refractivity (Wildman–Crippen MR) is 25.1 cm³/mol. The summed E-state index contributed by atoms with van der Waals surface area (Å²) in [6.07, 6.45) is -0.616. The molecule has 0 rings (SSSR count). The second-order valence-electron chi connectivity index (χ2n) is 0.835. The number of hydrogen-bond acceptors (Lipinski definition) is 2. The van der Waals surface area contributed by atoms with E-state index in [2.05, 4.69) is 4.74 Å². The first-order valence-electron chi connectivity index (χ1n) is 1.48. The van der Waals surface area contributed by atoms with Crippen LogP contribution >= 0.6 is 0 Å². The number of aliphatic hydroxyl groups is 1. The van der Waals surface area contributed by atoms with Gasteiger partial charge in [0.15, 0.2) is 6.29 Å². The summed E-state index contributed by atoms with van der Waals surface area (Å²) in [7, 11) is 1.45. The molecule has 0 aromatic rings. The zero-order valence-corrected chi connectivity index (χ0v) is 7.85. The van der Waals surface area contributed by atoms with E-state index in [-0.39, 0.29) is 40.1 Å². The Balaban J connectivity index is -0.0000000800. The molecule has 0 aliphatic heterocycles. The van der Waals surface area contributed by atoms with Gasteiger partial charge in [0, 0.05) is 39.8 Å². The summed E-state index contributed by atoms with van der Waals surface area (Å²) in [4.78, 5) is 0. The molecule has 0 fully saturated rings. The van der Waals surface area contributed by atoms with Crippen molar-refractivity contribution in [3.05, 3.63) is 7.43 Å². The molecule has 7 heavy (non-hydrogen) atoms. The second-order valence-corrected chi connectivity index (χ2v) is 0.835. The summed E-state index contributed by atoms with van der Waals surface area (Å²) in [5.41, 5.74) is 0. The minimum atomic E-state index is -0.616. The fourth-order valence-electron chi connectivity index (χ4n) is 0. The fraction of sp³-hybridized carbons (Fsp3) is 0.750. The Morgan fingerprint density at radius 3 is 1.71 bits per heavy atom. The van der Waals surface area contributed by atoms with E-state index in [0.717, 1.165) is 0 Å². The van der Waals surface area contributed by atoms with E-state index in [1.165, 1.54) is 7.11 Å². The van der Waals surface area contributed by atoms with Gasteiger partial charge in [0.05, 0.1) is 0 Å². The van der Waals surface area contributed by atoms with Gasteiger partial charge in [-0.2, -0.15) is 0 Å². The van der Waals surface area contributed by atoms with Crippen molar-refractivity contribution in [2.24, 2.45) is 0 Å². The summed E-state index contributed by atoms with van der Waals surface area (Å²) < 4.78 is 4.31. The maximum absolute atomic E-state index is 8.14. The zero-order chi connectivity index (χ0) is 4.28. The molecule has 1 unspecified atom stereocenters. The largest absolute Gasteiger partial charge is 0.368 e. The molecule has 1 atom stereocenters. The summed E-state index contributed by atoms with van der Waals surface area (Å²) in [5.74, 6) is 0. The van der Waals surface area contributed by atoms with Crippen molar-refractivity contribution in [3.8, 4) is 0 Å². The summed E-state index contributed by atoms with van der Waals surface area (Å²) >= 11 is 0. The molecule has 0 aromatic heterocycles. The first-order valence-corrected chi connectivity index (χ1v) is 1.48. The van der Waals surface area contributed by atoms with Crippen LogP contribution in [-0.2, 0) is 37.4 Å². The van der Waals surface area contributed by atoms with E-state index in [4.69, 9.17) is 5.11 Å². The van der Waals surface area contributed by atoms with E-state index in [0.29, 0.717) is 0 Å². The number of hydrogen-bond donors (Lipinski definition) is 1. The molecule has 43 valence electrons. The molecule has 2 nitrogen and oxygen atoms in total. The average Bonchev–Trinajstić information content (AvgIpc) is 1.38. The molecule has 0 heterocycles. The number of methoxy groups -OCH3 is 1. The zero-order valence-electron chi connectivity index (χ0n) is 5.01. The maximum atomic E-state index is 8.14. The van der Waals surface area contributed by atoms with Gasteiger partial charge in [-0.15, -0.1) is 0 Å². The summed E-state index contributed by atoms with van der Waals surface area (Å²) in [6, 6.07) is 0. The van der Waals surface area contributed by atoms with Gasteiger partial charge in [0.2, 0.25) is 0 Å². The van der Waals surface area contributed by atoms with Gasteiger partial charge in [-0.25, -0.2) is 0 Å². The van der Waals surface area contributed by atoms with Crippen molar-refractivity contribution in [1.29, 1.82) is 0 Å². The third-order valence-electron chi connectivity index (χ3n) is 0.341. The van der Waals surface area contributed by atoms with Crippen LogP contribution in [0, 0.1) is 7.43 Å². The Kier molecular flexibility index (Phi) is 22.6. The standard InChI is InChI=1S/C3H8O2.CH3.Y/c1-3(4)5-2;;/h3-4H,1-2H3;1H3;/q;-1;. The molecule has 0 aliphatic rings. The Bertz CT molecular complexity index is 23.7. The van der Waals surface area contributed by atoms with Gasteiger partial charge in [0.25, 0.3) is 0 Å². The van der Waals surface area contributed by atoms with Gasteiger partial charge in [-0.3, -0.25) is 0 Å². The molecule has 0 saturated carbocycles. The van der Waals surface area contributed by atoms with Crippen molar-refractivity contribution in [3.63, 3.8) is 0 Å². The number of aliphatic hydroxyl groups excluding tert-OH is 1. The van der Waals surface area contributed by atoms with Crippen LogP contribution in [0.1, 0.15) is 6.92 Å². The first kappa shape index (κ1) is 15.7. The third-order valence-corrected chi connectivity index (χ3v) is 0.341. The minimum Gasteiger partial charge on any atom is -0.368 e. The normalized spacial score (nSPS) is 10.7. The van der Waals surface area contributed by atoms with Gasteiger partial charge >= 0.3 is 0 Å². The van der Waals surface area contributed by atoms with Crippen LogP contribution in [0.4, 0.5) is 0 Å². The molecular formula is C4H11O2Y-. The average molecular weight is 180 g/mol. The van der Waals surface area contributed by atoms with Gasteiger partial charge in [-0.1, -0.05) is 0 Å². The molecule has 0 spiro atoms. The van der Waals surface area contributed by atoms with Gasteiger partial charge < -0.3 is 17.3 Å². The van der Waals surface area contributed by atoms with E-state index < -0.39 is 6.29 Å². The van der Waals surface area contributed by atoms with E-state index in [1.807, 2.05) is 0 Å². The van der Waals surface area contributed by atoms with E-state index in [1.54, 1.807) is 6.92 Å². The molecule has 0 bridgehead atoms. The predicted octanol–water partition coefficient (Wildman–Crippen LogP) is 0.419. The van der Waals surface area contributed by atoms with Crippen LogP contribution in [0.15, 0.2) is 0 Å². The molecule has 1 N–H and O–H groups in total. The van der Waals surface area contributed by atoms with Gasteiger partial charge in [0.1, 0.15) is 0 Å². The topological polar surface area (TPSA) is 29.5 Å². The van der Waals surface area contributed by atoms with Crippen LogP contribution in [-0.4, -0.2) is 18.5 Å². The smallest absolute Gasteiger partial charge is 0.151 e. The van der Waals surface area contributed by atoms with Crippen molar-refractivity contribution in [1.82, 2.24) is 0 Å². The minimum absolute atomic E-state index is 0. The molecule has 1 radical (unpaired) electrons. The van der Waals surface area contributed by atoms with Crippen molar-refractivity contribution in [2.75, 3.05) is 7.11 Å². The Morgan fingerprint density at radius 2 is 1.71 bits per heavy atom. The van der Waals surface area contributed by atoms with Crippen LogP contribution in [0.2, 0.25) is 0 Å². The van der Waals surface area contributed by atoms with Crippen molar-refractivity contribution >= 4 is 0 Å². The van der Waals surface area contributed by atoms with Crippen LogP contribution in [0.3, 0.4) is 0 Å². The molecule has 0 aromatic carbocycles. The van der Waals surface area contributed by atoms with E-state index >= 15 is 0 Å². The Morgan fingerprint density at radius 1 is 1.57 bits per heavy atom. The fourth-order valence-corrected chi connectivity index (χ4v) is 0. The Hall–Kier alpha value is 1.02. The summed E-state index contributed by atoms with van der Waals surface area (Å²) in [5, 5.41) is 8.14. The summed E-state index contributed by atoms with van der Waals surface area (Å²) in [6.45, 7) is 1.56. The number of ether oxygens (including phenoxy) is 1. The molecule has 3 heteroatoms. The molecular weight excluding hydrogens is 169 g/mol. The second kappa shape index (κ2) is 10.1. The third kappa shape index (κ3) is 19.4. The maximum Gasteiger partial charge on any atom is 0.151 e. The van der Waals surface area contributed by atoms with Crippen LogP contribution < -0.4 is 0 Å². The van der Waals surface area contributed by atoms with Gasteiger partial charge in [-0.05, 0) is 6.92 Å². The molecule has 0 aliphatic carbocycles. The number of rotatable bonds is 1. The molecule has 0 saturated heterocycles. The quantitative estimate of drug-likeness (QED) is 0.468. The molecule has 0 amide bonds. The van der Waals surface area contributed by atoms with Crippen LogP contribution in [0.5, 0.6) is 0 Å². The monoisotopic (exact) mass is 180 g/mol. The van der Waals surface area contributed by atoms with Crippen molar-refractivity contribution < 1.29 is 42.6 Å². The first-order chi connectivity index (χ1) is 2.27. The van der Waals surface area contributed by atoms with E-state index in [9.17, 15) is 0 Å².